The Morgan fingerprint density at radius 3 is 2.28 bits per heavy atom. The van der Waals surface area contributed by atoms with Crippen molar-refractivity contribution in [1.82, 2.24) is 0 Å². The molecule has 0 aromatic heterocycles. The van der Waals surface area contributed by atoms with Gasteiger partial charge in [-0.25, -0.2) is 4.79 Å². The van der Waals surface area contributed by atoms with Gasteiger partial charge in [-0.1, -0.05) is 60.7 Å². The zero-order chi connectivity index (χ0) is 17.5. The maximum atomic E-state index is 12.3. The van der Waals surface area contributed by atoms with Crippen LogP contribution in [-0.4, -0.2) is 5.97 Å². The third-order valence-electron chi connectivity index (χ3n) is 3.66. The highest BCUT2D eigenvalue weighted by atomic mass is 127. The van der Waals surface area contributed by atoms with Crippen molar-refractivity contribution >= 4 is 28.6 Å². The van der Waals surface area contributed by atoms with Gasteiger partial charge in [0.1, 0.15) is 19.0 Å². The minimum atomic E-state index is -0.331. The van der Waals surface area contributed by atoms with E-state index in [1.54, 1.807) is 6.07 Å². The van der Waals surface area contributed by atoms with Crippen LogP contribution in [0.1, 0.15) is 21.5 Å². The molecule has 4 heteroatoms. The van der Waals surface area contributed by atoms with Crippen molar-refractivity contribution in [3.8, 4) is 5.75 Å². The van der Waals surface area contributed by atoms with Crippen LogP contribution < -0.4 is 4.74 Å². The van der Waals surface area contributed by atoms with Gasteiger partial charge in [0.05, 0.1) is 5.56 Å². The van der Waals surface area contributed by atoms with Gasteiger partial charge in [0.15, 0.2) is 0 Å². The van der Waals surface area contributed by atoms with E-state index in [4.69, 9.17) is 9.47 Å². The summed E-state index contributed by atoms with van der Waals surface area (Å²) in [5, 5.41) is 0. The third kappa shape index (κ3) is 4.82. The first-order valence-corrected chi connectivity index (χ1v) is 8.98. The molecule has 0 aliphatic carbocycles. The maximum Gasteiger partial charge on any atom is 0.339 e. The molecule has 0 saturated carbocycles. The highest BCUT2D eigenvalue weighted by Crippen LogP contribution is 2.21. The lowest BCUT2D eigenvalue weighted by Gasteiger charge is -2.12. The zero-order valence-corrected chi connectivity index (χ0v) is 15.7. The minimum Gasteiger partial charge on any atom is -0.488 e. The Labute approximate surface area is 160 Å². The fraction of sp³-hybridized carbons (Fsp3) is 0.0952. The molecule has 3 nitrogen and oxygen atoms in total. The summed E-state index contributed by atoms with van der Waals surface area (Å²) in [6.45, 7) is 0.650. The summed E-state index contributed by atoms with van der Waals surface area (Å²) in [6.07, 6.45) is 0. The molecule has 3 aromatic carbocycles. The molecule has 0 N–H and O–H groups in total. The van der Waals surface area contributed by atoms with E-state index in [2.05, 4.69) is 22.6 Å². The van der Waals surface area contributed by atoms with Crippen LogP contribution in [0.3, 0.4) is 0 Å². The second kappa shape index (κ2) is 8.67. The summed E-state index contributed by atoms with van der Waals surface area (Å²) in [6, 6.07) is 24.9. The minimum absolute atomic E-state index is 0.175. The summed E-state index contributed by atoms with van der Waals surface area (Å²) in [5.74, 6) is 0.393. The molecule has 0 atom stereocenters. The molecule has 0 saturated heterocycles. The van der Waals surface area contributed by atoms with E-state index >= 15 is 0 Å². The Balaban J connectivity index is 1.65. The lowest BCUT2D eigenvalue weighted by molar-refractivity contribution is 0.0468. The quantitative estimate of drug-likeness (QED) is 0.386. The van der Waals surface area contributed by atoms with Gasteiger partial charge < -0.3 is 9.47 Å². The topological polar surface area (TPSA) is 35.5 Å². The second-order valence-corrected chi connectivity index (χ2v) is 6.60. The number of hydrogen-bond donors (Lipinski definition) is 0. The number of esters is 1. The van der Waals surface area contributed by atoms with Crippen molar-refractivity contribution in [2.45, 2.75) is 13.2 Å². The number of ether oxygens (including phenoxy) is 2. The number of benzene rings is 3. The predicted molar refractivity (Wildman–Crippen MR) is 105 cm³/mol. The molecular weight excluding hydrogens is 427 g/mol. The lowest BCUT2D eigenvalue weighted by Crippen LogP contribution is -2.08. The fourth-order valence-corrected chi connectivity index (χ4v) is 2.95. The number of halogens is 1. The van der Waals surface area contributed by atoms with E-state index in [-0.39, 0.29) is 12.6 Å². The zero-order valence-electron chi connectivity index (χ0n) is 13.5. The number of rotatable bonds is 6. The molecule has 3 aromatic rings. The standard InChI is InChI=1S/C21H17IO3/c22-19-12-6-5-11-18(19)21(23)25-15-17-10-4-7-13-20(17)24-14-16-8-2-1-3-9-16/h1-13H,14-15H2. The van der Waals surface area contributed by atoms with Crippen LogP contribution in [0.2, 0.25) is 0 Å². The maximum absolute atomic E-state index is 12.3. The molecule has 0 aliphatic rings. The first-order valence-electron chi connectivity index (χ1n) is 7.90. The van der Waals surface area contributed by atoms with Crippen molar-refractivity contribution in [1.29, 1.82) is 0 Å². The predicted octanol–water partition coefficient (Wildman–Crippen LogP) is 5.23. The Kier molecular flexibility index (Phi) is 6.06. The van der Waals surface area contributed by atoms with Crippen LogP contribution in [0, 0.1) is 3.57 Å². The van der Waals surface area contributed by atoms with Crippen molar-refractivity contribution in [3.63, 3.8) is 0 Å². The Morgan fingerprint density at radius 2 is 1.48 bits per heavy atom. The van der Waals surface area contributed by atoms with E-state index < -0.39 is 0 Å². The summed E-state index contributed by atoms with van der Waals surface area (Å²) in [4.78, 5) is 12.3. The monoisotopic (exact) mass is 444 g/mol. The first kappa shape index (κ1) is 17.5. The van der Waals surface area contributed by atoms with Crippen molar-refractivity contribution in [3.05, 3.63) is 99.1 Å². The van der Waals surface area contributed by atoms with Crippen molar-refractivity contribution in [2.24, 2.45) is 0 Å². The molecule has 25 heavy (non-hydrogen) atoms. The molecule has 0 radical (unpaired) electrons. The van der Waals surface area contributed by atoms with Gasteiger partial charge in [0.25, 0.3) is 0 Å². The Morgan fingerprint density at radius 1 is 0.800 bits per heavy atom. The Bertz CT molecular complexity index is 847. The lowest BCUT2D eigenvalue weighted by atomic mass is 10.2. The van der Waals surface area contributed by atoms with Gasteiger partial charge in [-0.3, -0.25) is 0 Å². The van der Waals surface area contributed by atoms with Crippen LogP contribution in [0.15, 0.2) is 78.9 Å². The molecule has 0 aliphatic heterocycles. The van der Waals surface area contributed by atoms with Crippen LogP contribution in [0.25, 0.3) is 0 Å². The van der Waals surface area contributed by atoms with Crippen molar-refractivity contribution < 1.29 is 14.3 Å². The van der Waals surface area contributed by atoms with Crippen LogP contribution in [0.5, 0.6) is 5.75 Å². The SMILES string of the molecule is O=C(OCc1ccccc1OCc1ccccc1)c1ccccc1I. The fourth-order valence-electron chi connectivity index (χ4n) is 2.35. The molecular formula is C21H17IO3. The highest BCUT2D eigenvalue weighted by Gasteiger charge is 2.12. The van der Waals surface area contributed by atoms with Gasteiger partial charge >= 0.3 is 5.97 Å². The average molecular weight is 444 g/mol. The van der Waals surface area contributed by atoms with Gasteiger partial charge in [-0.05, 0) is 46.4 Å². The molecule has 0 spiro atoms. The third-order valence-corrected chi connectivity index (χ3v) is 4.60. The molecule has 0 bridgehead atoms. The van der Waals surface area contributed by atoms with Gasteiger partial charge in [-0.2, -0.15) is 0 Å². The van der Waals surface area contributed by atoms with E-state index in [0.29, 0.717) is 12.2 Å². The average Bonchev–Trinajstić information content (AvgIpc) is 2.66. The van der Waals surface area contributed by atoms with E-state index in [9.17, 15) is 4.79 Å². The van der Waals surface area contributed by atoms with Gasteiger partial charge in [-0.15, -0.1) is 0 Å². The summed E-state index contributed by atoms with van der Waals surface area (Å²) < 4.78 is 12.2. The second-order valence-electron chi connectivity index (χ2n) is 5.44. The molecule has 3 rings (SSSR count). The number of para-hydroxylation sites is 1. The van der Waals surface area contributed by atoms with Gasteiger partial charge in [0, 0.05) is 9.13 Å². The summed E-state index contributed by atoms with van der Waals surface area (Å²) in [7, 11) is 0. The van der Waals surface area contributed by atoms with Gasteiger partial charge in [0.2, 0.25) is 0 Å². The van der Waals surface area contributed by atoms with E-state index in [0.717, 1.165) is 20.4 Å². The number of hydrogen-bond acceptors (Lipinski definition) is 3. The van der Waals surface area contributed by atoms with Crippen LogP contribution in [-0.2, 0) is 18.0 Å². The molecule has 0 fully saturated rings. The van der Waals surface area contributed by atoms with Crippen molar-refractivity contribution in [2.75, 3.05) is 0 Å². The normalized spacial score (nSPS) is 10.3. The first-order chi connectivity index (χ1) is 12.2. The summed E-state index contributed by atoms with van der Waals surface area (Å²) >= 11 is 2.13. The number of carbonyl (C=O) groups excluding carboxylic acids is 1. The molecule has 0 amide bonds. The Hall–Kier alpha value is -2.34. The van der Waals surface area contributed by atoms with E-state index in [1.165, 1.54) is 0 Å². The highest BCUT2D eigenvalue weighted by molar-refractivity contribution is 14.1. The molecule has 126 valence electrons. The van der Waals surface area contributed by atoms with E-state index in [1.807, 2.05) is 72.8 Å². The smallest absolute Gasteiger partial charge is 0.339 e. The van der Waals surface area contributed by atoms with Crippen LogP contribution in [0.4, 0.5) is 0 Å². The molecule has 0 unspecified atom stereocenters. The molecule has 0 heterocycles. The van der Waals surface area contributed by atoms with Crippen LogP contribution >= 0.6 is 22.6 Å². The number of carbonyl (C=O) groups is 1. The largest absolute Gasteiger partial charge is 0.488 e. The summed E-state index contributed by atoms with van der Waals surface area (Å²) in [5.41, 5.74) is 2.51.